The number of nitrogens with zero attached hydrogens (tertiary/aromatic N) is 4. The molecule has 0 saturated heterocycles. The quantitative estimate of drug-likeness (QED) is 0.682. The number of rotatable bonds is 2. The lowest BCUT2D eigenvalue weighted by Crippen LogP contribution is -2.22. The van der Waals surface area contributed by atoms with Crippen LogP contribution in [0.5, 0.6) is 0 Å². The van der Waals surface area contributed by atoms with E-state index in [4.69, 9.17) is 0 Å². The summed E-state index contributed by atoms with van der Waals surface area (Å²) in [5.74, 6) is 0.520. The molecule has 0 saturated carbocycles. The predicted octanol–water partition coefficient (Wildman–Crippen LogP) is 2.51. The fourth-order valence-corrected chi connectivity index (χ4v) is 3.47. The third kappa shape index (κ3) is 2.42. The van der Waals surface area contributed by atoms with Gasteiger partial charge in [-0.2, -0.15) is 0 Å². The third-order valence-corrected chi connectivity index (χ3v) is 4.52. The van der Waals surface area contributed by atoms with Crippen LogP contribution in [-0.4, -0.2) is 30.3 Å². The molecule has 4 nitrogen and oxygen atoms in total. The van der Waals surface area contributed by atoms with E-state index in [-0.39, 0.29) is 0 Å². The van der Waals surface area contributed by atoms with Gasteiger partial charge in [0.25, 0.3) is 7.41 Å². The molecule has 118 valence electrons. The summed E-state index contributed by atoms with van der Waals surface area (Å²) in [6.07, 6.45) is 0. The highest BCUT2D eigenvalue weighted by atomic mass is 15.4. The van der Waals surface area contributed by atoms with Gasteiger partial charge < -0.3 is 4.81 Å². The molecular formula is C18H20B2N4. The van der Waals surface area contributed by atoms with Crippen molar-refractivity contribution in [3.8, 4) is 22.5 Å². The van der Waals surface area contributed by atoms with Gasteiger partial charge in [0.2, 0.25) is 7.98 Å². The van der Waals surface area contributed by atoms with Gasteiger partial charge >= 0.3 is 0 Å². The second-order valence-electron chi connectivity index (χ2n) is 6.89. The second kappa shape index (κ2) is 5.86. The number of para-hydroxylation sites is 1. The van der Waals surface area contributed by atoms with Crippen molar-refractivity contribution in [2.75, 3.05) is 4.81 Å². The maximum Gasteiger partial charge on any atom is 0.272 e. The van der Waals surface area contributed by atoms with E-state index in [1.165, 1.54) is 16.8 Å². The summed E-state index contributed by atoms with van der Waals surface area (Å²) in [4.78, 5) is 2.29. The van der Waals surface area contributed by atoms with Crippen LogP contribution in [0, 0.1) is 0 Å². The van der Waals surface area contributed by atoms with Crippen LogP contribution in [0.4, 0.5) is 5.69 Å². The first-order chi connectivity index (χ1) is 11.6. The molecule has 3 aromatic rings. The van der Waals surface area contributed by atoms with E-state index in [1.54, 1.807) is 0 Å². The second-order valence-corrected chi connectivity index (χ2v) is 6.89. The molecule has 6 heteroatoms. The maximum atomic E-state index is 4.57. The van der Waals surface area contributed by atoms with E-state index in [0.29, 0.717) is 5.82 Å². The topological polar surface area (TPSA) is 34.0 Å². The van der Waals surface area contributed by atoms with Crippen molar-refractivity contribution in [2.24, 2.45) is 0 Å². The van der Waals surface area contributed by atoms with Gasteiger partial charge in [-0.3, -0.25) is 4.59 Å². The molecule has 0 atom stereocenters. The highest BCUT2D eigenvalue weighted by Crippen LogP contribution is 2.40. The van der Waals surface area contributed by atoms with Crippen LogP contribution in [0.1, 0.15) is 19.4 Å². The molecule has 0 aliphatic carbocycles. The van der Waals surface area contributed by atoms with E-state index in [2.05, 4.69) is 90.1 Å². The molecule has 1 aromatic heterocycles. The number of fused-ring (bicyclic) bond motifs is 5. The van der Waals surface area contributed by atoms with Gasteiger partial charge in [-0.05, 0) is 17.4 Å². The van der Waals surface area contributed by atoms with Gasteiger partial charge in [0, 0.05) is 23.4 Å². The predicted molar refractivity (Wildman–Crippen MR) is 103 cm³/mol. The Morgan fingerprint density at radius 3 is 2.54 bits per heavy atom. The maximum absolute atomic E-state index is 4.57. The molecule has 0 amide bonds. The molecule has 0 spiro atoms. The van der Waals surface area contributed by atoms with E-state index in [9.17, 15) is 0 Å². The van der Waals surface area contributed by atoms with Crippen molar-refractivity contribution >= 4 is 21.1 Å². The lowest BCUT2D eigenvalue weighted by Gasteiger charge is -2.27. The zero-order valence-corrected chi connectivity index (χ0v) is 14.4. The minimum absolute atomic E-state index is 0.520. The molecule has 2 heterocycles. The monoisotopic (exact) mass is 314 g/mol. The lowest BCUT2D eigenvalue weighted by atomic mass is 9.78. The first kappa shape index (κ1) is 15.1. The van der Waals surface area contributed by atoms with Gasteiger partial charge in [-0.1, -0.05) is 61.5 Å². The van der Waals surface area contributed by atoms with Crippen molar-refractivity contribution < 1.29 is 0 Å². The molecule has 2 aromatic carbocycles. The molecule has 0 bridgehead atoms. The summed E-state index contributed by atoms with van der Waals surface area (Å²) in [5, 5.41) is 9.06. The van der Waals surface area contributed by atoms with Crippen molar-refractivity contribution in [3.05, 3.63) is 54.1 Å². The molecule has 1 aliphatic rings. The molecule has 4 rings (SSSR count). The summed E-state index contributed by atoms with van der Waals surface area (Å²) < 4.78 is 2.07. The Hall–Kier alpha value is -2.49. The van der Waals surface area contributed by atoms with Crippen molar-refractivity contribution in [1.29, 1.82) is 0 Å². The van der Waals surface area contributed by atoms with Crippen LogP contribution in [0.2, 0.25) is 5.82 Å². The number of aromatic nitrogens is 3. The van der Waals surface area contributed by atoms with Gasteiger partial charge in [0.1, 0.15) is 5.69 Å². The third-order valence-electron chi connectivity index (χ3n) is 4.52. The molecule has 0 fully saturated rings. The van der Waals surface area contributed by atoms with Crippen LogP contribution < -0.4 is 4.81 Å². The SMILES string of the molecule is BN1Cc2ccccc2-c2c(nnn2BC(C)C)-c2ccccc21. The molecular weight excluding hydrogens is 294 g/mol. The Morgan fingerprint density at radius 2 is 1.75 bits per heavy atom. The zero-order chi connectivity index (χ0) is 16.7. The fraction of sp³-hybridized carbons (Fsp3) is 0.222. The normalized spacial score (nSPS) is 12.9. The van der Waals surface area contributed by atoms with Crippen LogP contribution >= 0.6 is 0 Å². The lowest BCUT2D eigenvalue weighted by molar-refractivity contribution is 0.848. The smallest absolute Gasteiger partial charge is 0.272 e. The van der Waals surface area contributed by atoms with Crippen molar-refractivity contribution in [2.45, 2.75) is 26.2 Å². The summed E-state index contributed by atoms with van der Waals surface area (Å²) in [5.41, 5.74) is 7.01. The summed E-state index contributed by atoms with van der Waals surface area (Å²) in [6.45, 7) is 5.30. The average molecular weight is 314 g/mol. The van der Waals surface area contributed by atoms with Crippen LogP contribution in [0.25, 0.3) is 22.5 Å². The van der Waals surface area contributed by atoms with E-state index in [1.807, 2.05) is 0 Å². The summed E-state index contributed by atoms with van der Waals surface area (Å²) in [7, 11) is 3.01. The highest BCUT2D eigenvalue weighted by molar-refractivity contribution is 6.36. The highest BCUT2D eigenvalue weighted by Gasteiger charge is 2.25. The largest absolute Gasteiger partial charge is 0.417 e. The van der Waals surface area contributed by atoms with E-state index in [0.717, 1.165) is 30.9 Å². The standard InChI is InChI=1S/C18H20B2N4/c1-12(2)20-24-18-14-8-4-3-7-13(14)11-23(19)16-10-6-5-9-15(16)17(18)21-22-24/h3-10,12,20H,11,19H2,1-2H3. The van der Waals surface area contributed by atoms with Crippen LogP contribution in [-0.2, 0) is 6.54 Å². The minimum Gasteiger partial charge on any atom is -0.417 e. The van der Waals surface area contributed by atoms with E-state index >= 15 is 0 Å². The summed E-state index contributed by atoms with van der Waals surface area (Å²) in [6, 6.07) is 17.1. The first-order valence-electron chi connectivity index (χ1n) is 8.47. The van der Waals surface area contributed by atoms with Gasteiger partial charge in [-0.15, -0.1) is 5.10 Å². The van der Waals surface area contributed by atoms with E-state index < -0.39 is 0 Å². The van der Waals surface area contributed by atoms with Gasteiger partial charge in [0.15, 0.2) is 0 Å². The number of benzene rings is 2. The average Bonchev–Trinajstić information content (AvgIpc) is 2.96. The fourth-order valence-electron chi connectivity index (χ4n) is 3.47. The molecule has 0 unspecified atom stereocenters. The first-order valence-corrected chi connectivity index (χ1v) is 8.47. The molecule has 0 radical (unpaired) electrons. The Morgan fingerprint density at radius 1 is 1.04 bits per heavy atom. The Labute approximate surface area is 144 Å². The molecule has 1 aliphatic heterocycles. The Balaban J connectivity index is 2.03. The zero-order valence-electron chi connectivity index (χ0n) is 14.4. The molecule has 24 heavy (non-hydrogen) atoms. The number of anilines is 1. The minimum atomic E-state index is 0.520. The number of hydrogen-bond donors (Lipinski definition) is 0. The van der Waals surface area contributed by atoms with Crippen molar-refractivity contribution in [3.63, 3.8) is 0 Å². The van der Waals surface area contributed by atoms with Gasteiger partial charge in [0.05, 0.1) is 5.69 Å². The summed E-state index contributed by atoms with van der Waals surface area (Å²) >= 11 is 0. The van der Waals surface area contributed by atoms with Crippen molar-refractivity contribution in [1.82, 2.24) is 14.9 Å². The Kier molecular flexibility index (Phi) is 3.68. The number of hydrogen-bond acceptors (Lipinski definition) is 3. The van der Waals surface area contributed by atoms with Crippen LogP contribution in [0.15, 0.2) is 48.5 Å². The van der Waals surface area contributed by atoms with Crippen LogP contribution in [0.3, 0.4) is 0 Å². The Bertz CT molecular complexity index is 888. The van der Waals surface area contributed by atoms with Gasteiger partial charge in [-0.25, -0.2) is 0 Å². The molecule has 0 N–H and O–H groups in total.